The highest BCUT2D eigenvalue weighted by atomic mass is 16.2. The van der Waals surface area contributed by atoms with E-state index in [1.54, 1.807) is 16.5 Å². The first kappa shape index (κ1) is 26.9. The van der Waals surface area contributed by atoms with E-state index >= 15 is 0 Å². The molecule has 2 aromatic heterocycles. The van der Waals surface area contributed by atoms with Gasteiger partial charge in [-0.15, -0.1) is 5.10 Å². The van der Waals surface area contributed by atoms with Crippen molar-refractivity contribution in [3.63, 3.8) is 0 Å². The molecule has 0 saturated heterocycles. The average Bonchev–Trinajstić information content (AvgIpc) is 3.53. The van der Waals surface area contributed by atoms with Gasteiger partial charge in [0.1, 0.15) is 30.6 Å². The molecule has 0 radical (unpaired) electrons. The Hall–Kier alpha value is -4.16. The predicted octanol–water partition coefficient (Wildman–Crippen LogP) is 0.436. The van der Waals surface area contributed by atoms with E-state index in [0.717, 1.165) is 5.56 Å². The second-order valence-corrected chi connectivity index (χ2v) is 9.77. The zero-order valence-corrected chi connectivity index (χ0v) is 21.9. The van der Waals surface area contributed by atoms with Crippen molar-refractivity contribution in [2.75, 3.05) is 13.1 Å². The van der Waals surface area contributed by atoms with Crippen LogP contribution in [-0.4, -0.2) is 76.7 Å². The summed E-state index contributed by atoms with van der Waals surface area (Å²) in [4.78, 5) is 45.8. The molecule has 202 valence electrons. The van der Waals surface area contributed by atoms with Crippen molar-refractivity contribution < 1.29 is 14.4 Å². The minimum atomic E-state index is -0.760. The van der Waals surface area contributed by atoms with Crippen molar-refractivity contribution >= 4 is 17.7 Å². The number of nitrogens with zero attached hydrogens (tertiary/aromatic N) is 8. The number of hydrogen-bond donors (Lipinski definition) is 2. The summed E-state index contributed by atoms with van der Waals surface area (Å²) in [6, 6.07) is 8.38. The predicted molar refractivity (Wildman–Crippen MR) is 136 cm³/mol. The van der Waals surface area contributed by atoms with Crippen molar-refractivity contribution in [1.82, 2.24) is 50.5 Å². The normalized spacial score (nSPS) is 19.4. The van der Waals surface area contributed by atoms with Gasteiger partial charge in [-0.1, -0.05) is 44.2 Å². The van der Waals surface area contributed by atoms with E-state index in [0.29, 0.717) is 44.1 Å². The van der Waals surface area contributed by atoms with Crippen LogP contribution in [0.1, 0.15) is 49.9 Å². The van der Waals surface area contributed by atoms with Crippen LogP contribution in [0.25, 0.3) is 0 Å². The summed E-state index contributed by atoms with van der Waals surface area (Å²) in [5.41, 5.74) is 0.938. The molecular weight excluding hydrogens is 488 g/mol. The van der Waals surface area contributed by atoms with E-state index in [9.17, 15) is 14.4 Å². The fraction of sp³-hybridized carbons (Fsp3) is 0.520. The van der Waals surface area contributed by atoms with Gasteiger partial charge in [0.05, 0.1) is 12.6 Å². The SMILES string of the molecule is Cc1nc2n(n1)CCN(C(=O)Cn1cnnn1)CCCC(=O)N[C@@H](Cc1ccccc1)C(=O)N[C@@H]2C(C)C. The fourth-order valence-corrected chi connectivity index (χ4v) is 4.47. The summed E-state index contributed by atoms with van der Waals surface area (Å²) >= 11 is 0. The van der Waals surface area contributed by atoms with Gasteiger partial charge >= 0.3 is 0 Å². The topological polar surface area (TPSA) is 153 Å². The number of carbonyl (C=O) groups excluding carboxylic acids is 3. The number of aromatic nitrogens is 7. The molecule has 2 atom stereocenters. The van der Waals surface area contributed by atoms with E-state index < -0.39 is 12.1 Å². The van der Waals surface area contributed by atoms with Gasteiger partial charge in [-0.05, 0) is 35.3 Å². The Balaban J connectivity index is 1.62. The third-order valence-corrected chi connectivity index (χ3v) is 6.44. The molecule has 2 N–H and O–H groups in total. The maximum atomic E-state index is 13.5. The summed E-state index contributed by atoms with van der Waals surface area (Å²) in [5, 5.41) is 21.5. The summed E-state index contributed by atoms with van der Waals surface area (Å²) in [5.74, 6) is 0.499. The highest BCUT2D eigenvalue weighted by Gasteiger charge is 2.30. The van der Waals surface area contributed by atoms with E-state index in [-0.39, 0.29) is 36.6 Å². The summed E-state index contributed by atoms with van der Waals surface area (Å²) < 4.78 is 3.12. The fourth-order valence-electron chi connectivity index (χ4n) is 4.47. The molecule has 1 aliphatic heterocycles. The summed E-state index contributed by atoms with van der Waals surface area (Å²) in [6.45, 7) is 6.88. The lowest BCUT2D eigenvalue weighted by Gasteiger charge is -2.28. The molecule has 1 aliphatic rings. The number of carbonyl (C=O) groups is 3. The first-order valence-electron chi connectivity index (χ1n) is 12.8. The molecule has 0 saturated carbocycles. The maximum absolute atomic E-state index is 13.5. The molecule has 13 nitrogen and oxygen atoms in total. The Morgan fingerprint density at radius 1 is 1.11 bits per heavy atom. The third kappa shape index (κ3) is 6.99. The number of tetrazole rings is 1. The Morgan fingerprint density at radius 2 is 1.89 bits per heavy atom. The van der Waals surface area contributed by atoms with Crippen LogP contribution in [0.4, 0.5) is 0 Å². The van der Waals surface area contributed by atoms with Gasteiger partial charge in [0.15, 0.2) is 0 Å². The minimum Gasteiger partial charge on any atom is -0.344 e. The molecule has 0 bridgehead atoms. The van der Waals surface area contributed by atoms with Crippen LogP contribution >= 0.6 is 0 Å². The number of aryl methyl sites for hydroxylation is 1. The molecule has 4 rings (SSSR count). The average molecular weight is 523 g/mol. The number of nitrogens with one attached hydrogen (secondary N) is 2. The van der Waals surface area contributed by atoms with Crippen molar-refractivity contribution in [3.05, 3.63) is 53.9 Å². The second kappa shape index (κ2) is 12.4. The first-order chi connectivity index (χ1) is 18.3. The molecule has 1 aromatic carbocycles. The van der Waals surface area contributed by atoms with Crippen LogP contribution in [0.3, 0.4) is 0 Å². The molecule has 3 aromatic rings. The van der Waals surface area contributed by atoms with Gasteiger partial charge < -0.3 is 15.5 Å². The molecule has 0 fully saturated rings. The van der Waals surface area contributed by atoms with E-state index in [4.69, 9.17) is 0 Å². The quantitative estimate of drug-likeness (QED) is 0.489. The Morgan fingerprint density at radius 3 is 2.61 bits per heavy atom. The van der Waals surface area contributed by atoms with E-state index in [1.165, 1.54) is 11.0 Å². The van der Waals surface area contributed by atoms with Gasteiger partial charge in [-0.25, -0.2) is 14.3 Å². The lowest BCUT2D eigenvalue weighted by molar-refractivity contribution is -0.133. The molecule has 0 aliphatic carbocycles. The molecule has 0 spiro atoms. The van der Waals surface area contributed by atoms with Gasteiger partial charge in [0.25, 0.3) is 0 Å². The van der Waals surface area contributed by atoms with Crippen molar-refractivity contribution in [3.8, 4) is 0 Å². The van der Waals surface area contributed by atoms with E-state index in [2.05, 4.69) is 36.2 Å². The summed E-state index contributed by atoms with van der Waals surface area (Å²) in [6.07, 6.45) is 2.35. The molecule has 0 unspecified atom stereocenters. The van der Waals surface area contributed by atoms with Crippen molar-refractivity contribution in [2.45, 2.75) is 65.2 Å². The zero-order valence-electron chi connectivity index (χ0n) is 21.9. The molecule has 38 heavy (non-hydrogen) atoms. The van der Waals surface area contributed by atoms with Gasteiger partial charge in [-0.3, -0.25) is 14.4 Å². The van der Waals surface area contributed by atoms with Crippen LogP contribution in [0, 0.1) is 12.8 Å². The number of hydrogen-bond acceptors (Lipinski definition) is 8. The smallest absolute Gasteiger partial charge is 0.244 e. The Labute approximate surface area is 221 Å². The number of fused-ring (bicyclic) bond motifs is 1. The highest BCUT2D eigenvalue weighted by molar-refractivity contribution is 5.88. The first-order valence-corrected chi connectivity index (χ1v) is 12.8. The molecular formula is C25H34N10O3. The standard InChI is InChI=1S/C25H34N10O3/c1-17(2)23-24-27-18(3)30-35(24)13-12-33(22(37)15-34-16-26-31-32-34)11-7-10-21(36)28-20(25(38)29-23)14-19-8-5-4-6-9-19/h4-6,8-9,16-17,20,23H,7,10-15H2,1-3H3,(H,28,36)(H,29,38)/t20-,23+/m0/s1. The van der Waals surface area contributed by atoms with Crippen LogP contribution < -0.4 is 10.6 Å². The molecule has 3 heterocycles. The number of benzene rings is 1. The lowest BCUT2D eigenvalue weighted by Crippen LogP contribution is -2.50. The highest BCUT2D eigenvalue weighted by Crippen LogP contribution is 2.21. The summed E-state index contributed by atoms with van der Waals surface area (Å²) in [7, 11) is 0. The van der Waals surface area contributed by atoms with E-state index in [1.807, 2.05) is 44.2 Å². The van der Waals surface area contributed by atoms with Crippen LogP contribution in [0.2, 0.25) is 0 Å². The van der Waals surface area contributed by atoms with Gasteiger partial charge in [-0.2, -0.15) is 5.10 Å². The number of rotatable bonds is 5. The molecule has 13 heteroatoms. The largest absolute Gasteiger partial charge is 0.344 e. The maximum Gasteiger partial charge on any atom is 0.244 e. The zero-order chi connectivity index (χ0) is 27.1. The number of amides is 3. The third-order valence-electron chi connectivity index (χ3n) is 6.44. The Kier molecular flexibility index (Phi) is 8.77. The van der Waals surface area contributed by atoms with Gasteiger partial charge in [0, 0.05) is 25.9 Å². The second-order valence-electron chi connectivity index (χ2n) is 9.77. The monoisotopic (exact) mass is 522 g/mol. The van der Waals surface area contributed by atoms with Crippen molar-refractivity contribution in [1.29, 1.82) is 0 Å². The molecule has 3 amide bonds. The Bertz CT molecular complexity index is 1230. The van der Waals surface area contributed by atoms with Gasteiger partial charge in [0.2, 0.25) is 17.7 Å². The van der Waals surface area contributed by atoms with Crippen molar-refractivity contribution in [2.24, 2.45) is 5.92 Å². The van der Waals surface area contributed by atoms with Crippen LogP contribution in [0.15, 0.2) is 36.7 Å². The minimum absolute atomic E-state index is 0.000155. The van der Waals surface area contributed by atoms with Crippen LogP contribution in [0.5, 0.6) is 0 Å². The lowest BCUT2D eigenvalue weighted by atomic mass is 10.0. The van der Waals surface area contributed by atoms with Crippen LogP contribution in [-0.2, 0) is 33.9 Å².